The van der Waals surface area contributed by atoms with Crippen molar-refractivity contribution in [3.63, 3.8) is 0 Å². The van der Waals surface area contributed by atoms with Crippen LogP contribution in [0.3, 0.4) is 0 Å². The molecule has 0 amide bonds. The van der Waals surface area contributed by atoms with Crippen LogP contribution in [0.2, 0.25) is 0 Å². The van der Waals surface area contributed by atoms with Gasteiger partial charge in [0.05, 0.1) is 32.3 Å². The van der Waals surface area contributed by atoms with Gasteiger partial charge in [0.1, 0.15) is 0 Å². The molecule has 35 heavy (non-hydrogen) atoms. The zero-order chi connectivity index (χ0) is 25.6. The molecule has 0 bridgehead atoms. The van der Waals surface area contributed by atoms with Gasteiger partial charge in [-0.25, -0.2) is 0 Å². The van der Waals surface area contributed by atoms with E-state index in [0.717, 1.165) is 30.6 Å². The summed E-state index contributed by atoms with van der Waals surface area (Å²) in [6.07, 6.45) is 14.9. The second kappa shape index (κ2) is 16.9. The predicted molar refractivity (Wildman–Crippen MR) is 139 cm³/mol. The Morgan fingerprint density at radius 3 is 2.11 bits per heavy atom. The van der Waals surface area contributed by atoms with Crippen molar-refractivity contribution in [3.05, 3.63) is 0 Å². The lowest BCUT2D eigenvalue weighted by molar-refractivity contribution is -0.164. The van der Waals surface area contributed by atoms with Gasteiger partial charge in [-0.3, -0.25) is 4.79 Å². The molecule has 4 atom stereocenters. The highest BCUT2D eigenvalue weighted by atomic mass is 16.6. The fourth-order valence-corrected chi connectivity index (χ4v) is 6.17. The second-order valence-electron chi connectivity index (χ2n) is 11.6. The Morgan fingerprint density at radius 1 is 0.914 bits per heavy atom. The number of rotatable bonds is 16. The van der Waals surface area contributed by atoms with Crippen LogP contribution < -0.4 is 0 Å². The summed E-state index contributed by atoms with van der Waals surface area (Å²) in [6.45, 7) is 6.73. The average Bonchev–Trinajstić information content (AvgIpc) is 2.88. The van der Waals surface area contributed by atoms with Crippen LogP contribution in [0.4, 0.5) is 0 Å². The van der Waals surface area contributed by atoms with E-state index in [1.165, 1.54) is 64.2 Å². The first-order valence-electron chi connectivity index (χ1n) is 14.5. The molecule has 2 aliphatic rings. The quantitative estimate of drug-likeness (QED) is 0.164. The third-order valence-corrected chi connectivity index (χ3v) is 8.77. The third kappa shape index (κ3) is 10.7. The number of carbonyl (C=O) groups excluding carboxylic acids is 1. The van der Waals surface area contributed by atoms with E-state index in [0.29, 0.717) is 25.7 Å². The summed E-state index contributed by atoms with van der Waals surface area (Å²) in [6, 6.07) is 0. The van der Waals surface area contributed by atoms with Gasteiger partial charge in [0.15, 0.2) is 6.29 Å². The summed E-state index contributed by atoms with van der Waals surface area (Å²) in [5, 5.41) is 19.5. The summed E-state index contributed by atoms with van der Waals surface area (Å²) >= 11 is 0. The van der Waals surface area contributed by atoms with Gasteiger partial charge in [-0.15, -0.1) is 0 Å². The van der Waals surface area contributed by atoms with E-state index in [1.54, 1.807) is 14.0 Å². The molecule has 6 heteroatoms. The Bertz CT molecular complexity index is 553. The van der Waals surface area contributed by atoms with E-state index >= 15 is 0 Å². The number of unbranched alkanes of at least 4 members (excludes halogenated alkanes) is 2. The number of esters is 1. The molecule has 2 aliphatic carbocycles. The largest absolute Gasteiger partial charge is 0.465 e. The highest BCUT2D eigenvalue weighted by Crippen LogP contribution is 2.43. The minimum absolute atomic E-state index is 0.0597. The van der Waals surface area contributed by atoms with Crippen LogP contribution in [0.15, 0.2) is 0 Å². The van der Waals surface area contributed by atoms with Gasteiger partial charge < -0.3 is 24.4 Å². The van der Waals surface area contributed by atoms with Gasteiger partial charge in [-0.1, -0.05) is 52.4 Å². The van der Waals surface area contributed by atoms with Gasteiger partial charge in [0, 0.05) is 18.9 Å². The van der Waals surface area contributed by atoms with Crippen molar-refractivity contribution in [2.24, 2.45) is 41.4 Å². The lowest BCUT2D eigenvalue weighted by Gasteiger charge is -2.40. The fourth-order valence-electron chi connectivity index (χ4n) is 6.17. The number of ether oxygens (including phenoxy) is 3. The van der Waals surface area contributed by atoms with Crippen LogP contribution in [0, 0.1) is 41.4 Å². The molecule has 2 fully saturated rings. The normalized spacial score (nSPS) is 28.7. The van der Waals surface area contributed by atoms with Crippen molar-refractivity contribution >= 4 is 5.97 Å². The Kier molecular flexibility index (Phi) is 14.8. The van der Waals surface area contributed by atoms with E-state index in [1.807, 2.05) is 6.92 Å². The number of methoxy groups -OCH3 is 1. The Hall–Kier alpha value is -0.690. The summed E-state index contributed by atoms with van der Waals surface area (Å²) < 4.78 is 16.5. The molecule has 0 aliphatic heterocycles. The van der Waals surface area contributed by atoms with Crippen LogP contribution >= 0.6 is 0 Å². The number of carbonyl (C=O) groups is 1. The first-order chi connectivity index (χ1) is 16.9. The van der Waals surface area contributed by atoms with Crippen molar-refractivity contribution < 1.29 is 29.2 Å². The van der Waals surface area contributed by atoms with Gasteiger partial charge >= 0.3 is 5.97 Å². The molecule has 4 unspecified atom stereocenters. The predicted octanol–water partition coefficient (Wildman–Crippen LogP) is 5.58. The van der Waals surface area contributed by atoms with Crippen molar-refractivity contribution in [2.75, 3.05) is 33.5 Å². The van der Waals surface area contributed by atoms with Crippen molar-refractivity contribution in [1.29, 1.82) is 0 Å². The van der Waals surface area contributed by atoms with Gasteiger partial charge in [0.25, 0.3) is 0 Å². The molecule has 0 aromatic heterocycles. The lowest BCUT2D eigenvalue weighted by Crippen LogP contribution is -2.35. The molecule has 0 spiro atoms. The lowest BCUT2D eigenvalue weighted by atomic mass is 9.67. The Labute approximate surface area is 214 Å². The number of aliphatic hydroxyl groups is 2. The monoisotopic (exact) mass is 498 g/mol. The molecule has 2 N–H and O–H groups in total. The third-order valence-electron chi connectivity index (χ3n) is 8.77. The maximum Gasteiger partial charge on any atom is 0.311 e. The summed E-state index contributed by atoms with van der Waals surface area (Å²) in [4.78, 5) is 12.4. The molecule has 0 aromatic carbocycles. The zero-order valence-electron chi connectivity index (χ0n) is 23.0. The molecule has 6 nitrogen and oxygen atoms in total. The Balaban J connectivity index is 1.83. The molecular formula is C29H54O6. The first kappa shape index (κ1) is 30.5. The van der Waals surface area contributed by atoms with Crippen molar-refractivity contribution in [3.8, 4) is 0 Å². The van der Waals surface area contributed by atoms with E-state index in [-0.39, 0.29) is 30.3 Å². The highest BCUT2D eigenvalue weighted by Gasteiger charge is 2.34. The smallest absolute Gasteiger partial charge is 0.311 e. The summed E-state index contributed by atoms with van der Waals surface area (Å²) in [5.41, 5.74) is 0. The molecule has 2 rings (SSSR count). The van der Waals surface area contributed by atoms with E-state index in [2.05, 4.69) is 6.92 Å². The highest BCUT2D eigenvalue weighted by molar-refractivity contribution is 5.72. The molecule has 2 saturated carbocycles. The molecule has 0 heterocycles. The van der Waals surface area contributed by atoms with E-state index in [9.17, 15) is 15.0 Å². The number of hydrogen-bond acceptors (Lipinski definition) is 6. The standard InChI is InChI=1S/C29H54O6/c1-5-6-7-8-23-9-11-24(12-10-23)25-13-15-26(16-14-25)27(19-34-28(31)21(2)17-30)20-35-29(32)22(3)18-33-4/h21-28,30-31H,5-20H2,1-4H3. The second-order valence-corrected chi connectivity index (χ2v) is 11.6. The SMILES string of the molecule is CCCCCC1CCC(C2CCC(C(COC(=O)C(C)COC)COC(O)C(C)CO)CC2)CC1. The number of hydrogen-bond donors (Lipinski definition) is 2. The Morgan fingerprint density at radius 2 is 1.54 bits per heavy atom. The summed E-state index contributed by atoms with van der Waals surface area (Å²) in [5.74, 6) is 2.27. The number of aliphatic hydroxyl groups excluding tert-OH is 2. The van der Waals surface area contributed by atoms with Crippen LogP contribution in [-0.2, 0) is 19.0 Å². The maximum absolute atomic E-state index is 12.4. The van der Waals surface area contributed by atoms with Crippen LogP contribution in [0.25, 0.3) is 0 Å². The van der Waals surface area contributed by atoms with E-state index in [4.69, 9.17) is 14.2 Å². The van der Waals surface area contributed by atoms with Gasteiger partial charge in [0.2, 0.25) is 0 Å². The molecule has 0 aromatic rings. The van der Waals surface area contributed by atoms with Crippen LogP contribution in [0.1, 0.15) is 97.8 Å². The van der Waals surface area contributed by atoms with Crippen molar-refractivity contribution in [2.45, 2.75) is 104 Å². The first-order valence-corrected chi connectivity index (χ1v) is 14.5. The minimum Gasteiger partial charge on any atom is -0.465 e. The minimum atomic E-state index is -1.01. The molecular weight excluding hydrogens is 444 g/mol. The van der Waals surface area contributed by atoms with Crippen LogP contribution in [0.5, 0.6) is 0 Å². The van der Waals surface area contributed by atoms with Gasteiger partial charge in [-0.2, -0.15) is 0 Å². The van der Waals surface area contributed by atoms with E-state index < -0.39 is 6.29 Å². The van der Waals surface area contributed by atoms with Crippen LogP contribution in [-0.4, -0.2) is 56.0 Å². The fraction of sp³-hybridized carbons (Fsp3) is 0.966. The molecule has 206 valence electrons. The molecule has 0 radical (unpaired) electrons. The van der Waals surface area contributed by atoms with Crippen molar-refractivity contribution in [1.82, 2.24) is 0 Å². The topological polar surface area (TPSA) is 85.2 Å². The van der Waals surface area contributed by atoms with Gasteiger partial charge in [-0.05, 0) is 69.1 Å². The molecule has 0 saturated heterocycles. The maximum atomic E-state index is 12.4. The zero-order valence-corrected chi connectivity index (χ0v) is 23.0. The average molecular weight is 499 g/mol. The summed E-state index contributed by atoms with van der Waals surface area (Å²) in [7, 11) is 1.58.